The number of aromatic nitrogens is 1. The van der Waals surface area contributed by atoms with Gasteiger partial charge >= 0.3 is 0 Å². The molecule has 3 heterocycles. The Kier molecular flexibility index (Phi) is 4.45. The number of primary amides is 1. The highest BCUT2D eigenvalue weighted by Gasteiger charge is 2.20. The Morgan fingerprint density at radius 1 is 1.38 bits per heavy atom. The Bertz CT molecular complexity index is 956. The van der Waals surface area contributed by atoms with Gasteiger partial charge in [-0.05, 0) is 6.07 Å². The van der Waals surface area contributed by atoms with Crippen molar-refractivity contribution in [3.8, 4) is 11.8 Å². The van der Waals surface area contributed by atoms with Crippen LogP contribution in [0.4, 0.5) is 5.82 Å². The maximum atomic E-state index is 11.5. The predicted octanol–water partition coefficient (Wildman–Crippen LogP) is 0.0593. The maximum absolute atomic E-state index is 11.5. The van der Waals surface area contributed by atoms with Crippen LogP contribution in [0.25, 0.3) is 10.1 Å². The minimum Gasteiger partial charge on any atom is -0.383 e. The Morgan fingerprint density at radius 2 is 2.08 bits per heavy atom. The van der Waals surface area contributed by atoms with Crippen molar-refractivity contribution in [2.75, 3.05) is 36.9 Å². The number of nitrogens with two attached hydrogens (primary N) is 2. The summed E-state index contributed by atoms with van der Waals surface area (Å²) in [6, 6.07) is 1.79. The van der Waals surface area contributed by atoms with Crippen LogP contribution >= 0.6 is 11.3 Å². The molecule has 126 valence electrons. The number of nitrogens with zero attached hydrogens (tertiary/aromatic N) is 2. The van der Waals surface area contributed by atoms with Crippen molar-refractivity contribution in [1.29, 1.82) is 0 Å². The SMILES string of the molecule is NC(=O)c1cnc(N)c2cc(C#CCN3CCS(=O)(=O)CC3)sc12. The van der Waals surface area contributed by atoms with Crippen molar-refractivity contribution in [1.82, 2.24) is 9.88 Å². The van der Waals surface area contributed by atoms with Crippen LogP contribution in [0, 0.1) is 11.8 Å². The summed E-state index contributed by atoms with van der Waals surface area (Å²) in [5, 5.41) is 0.671. The molecule has 0 saturated carbocycles. The van der Waals surface area contributed by atoms with Gasteiger partial charge in [-0.15, -0.1) is 11.3 Å². The lowest BCUT2D eigenvalue weighted by atomic mass is 10.2. The van der Waals surface area contributed by atoms with Gasteiger partial charge in [-0.3, -0.25) is 9.69 Å². The van der Waals surface area contributed by atoms with Crippen LogP contribution in [0.15, 0.2) is 12.3 Å². The van der Waals surface area contributed by atoms with E-state index in [1.165, 1.54) is 17.5 Å². The Labute approximate surface area is 143 Å². The van der Waals surface area contributed by atoms with Crippen LogP contribution in [-0.2, 0) is 9.84 Å². The molecule has 1 aliphatic rings. The largest absolute Gasteiger partial charge is 0.383 e. The molecule has 1 aliphatic heterocycles. The number of rotatable bonds is 2. The van der Waals surface area contributed by atoms with Crippen LogP contribution in [0.1, 0.15) is 15.2 Å². The van der Waals surface area contributed by atoms with Gasteiger partial charge in [-0.25, -0.2) is 13.4 Å². The third-order valence-corrected chi connectivity index (χ3v) is 6.50. The second-order valence-electron chi connectivity index (χ2n) is 5.50. The number of carbonyl (C=O) groups excluding carboxylic acids is 1. The molecule has 0 spiro atoms. The molecular formula is C15H16N4O3S2. The summed E-state index contributed by atoms with van der Waals surface area (Å²) in [6.45, 7) is 1.51. The quantitative estimate of drug-likeness (QED) is 0.727. The van der Waals surface area contributed by atoms with Crippen LogP contribution < -0.4 is 11.5 Å². The van der Waals surface area contributed by atoms with Gasteiger partial charge in [0.25, 0.3) is 5.91 Å². The van der Waals surface area contributed by atoms with E-state index >= 15 is 0 Å². The summed E-state index contributed by atoms with van der Waals surface area (Å²) in [5.74, 6) is 6.23. The van der Waals surface area contributed by atoms with Gasteiger partial charge in [0.05, 0.1) is 33.2 Å². The topological polar surface area (TPSA) is 119 Å². The molecule has 4 N–H and O–H groups in total. The first kappa shape index (κ1) is 16.7. The van der Waals surface area contributed by atoms with Crippen molar-refractivity contribution in [2.24, 2.45) is 5.73 Å². The molecule has 0 atom stereocenters. The molecule has 0 bridgehead atoms. The van der Waals surface area contributed by atoms with Gasteiger partial charge in [-0.2, -0.15) is 0 Å². The van der Waals surface area contributed by atoms with Crippen molar-refractivity contribution in [2.45, 2.75) is 0 Å². The molecule has 7 nitrogen and oxygen atoms in total. The molecule has 0 aromatic carbocycles. The normalized spacial score (nSPS) is 17.3. The van der Waals surface area contributed by atoms with Crippen LogP contribution in [0.5, 0.6) is 0 Å². The molecule has 2 aromatic heterocycles. The summed E-state index contributed by atoms with van der Waals surface area (Å²) in [7, 11) is -2.88. The number of nitrogen functional groups attached to an aromatic ring is 1. The average molecular weight is 364 g/mol. The van der Waals surface area contributed by atoms with E-state index in [9.17, 15) is 13.2 Å². The second kappa shape index (κ2) is 6.39. The van der Waals surface area contributed by atoms with E-state index in [1.54, 1.807) is 6.07 Å². The van der Waals surface area contributed by atoms with E-state index in [0.29, 0.717) is 41.1 Å². The van der Waals surface area contributed by atoms with Gasteiger partial charge in [-0.1, -0.05) is 11.8 Å². The summed E-state index contributed by atoms with van der Waals surface area (Å²) in [4.78, 5) is 18.2. The van der Waals surface area contributed by atoms with Gasteiger partial charge in [0, 0.05) is 24.7 Å². The number of thiophene rings is 1. The minimum atomic E-state index is -2.88. The fourth-order valence-corrected chi connectivity index (χ4v) is 4.76. The number of fused-ring (bicyclic) bond motifs is 1. The fourth-order valence-electron chi connectivity index (χ4n) is 2.43. The van der Waals surface area contributed by atoms with Crippen molar-refractivity contribution < 1.29 is 13.2 Å². The number of anilines is 1. The van der Waals surface area contributed by atoms with Gasteiger partial charge < -0.3 is 11.5 Å². The van der Waals surface area contributed by atoms with E-state index in [1.807, 2.05) is 4.90 Å². The molecule has 0 radical (unpaired) electrons. The van der Waals surface area contributed by atoms with Crippen LogP contribution in [-0.4, -0.2) is 55.3 Å². The maximum Gasteiger partial charge on any atom is 0.251 e. The van der Waals surface area contributed by atoms with Crippen LogP contribution in [0.2, 0.25) is 0 Å². The first-order chi connectivity index (χ1) is 11.4. The summed E-state index contributed by atoms with van der Waals surface area (Å²) in [6.07, 6.45) is 1.38. The first-order valence-electron chi connectivity index (χ1n) is 7.25. The van der Waals surface area contributed by atoms with Crippen LogP contribution in [0.3, 0.4) is 0 Å². The molecule has 2 aromatic rings. The highest BCUT2D eigenvalue weighted by molar-refractivity contribution is 7.91. The zero-order valence-electron chi connectivity index (χ0n) is 12.8. The first-order valence-corrected chi connectivity index (χ1v) is 9.89. The Morgan fingerprint density at radius 3 is 2.75 bits per heavy atom. The van der Waals surface area contributed by atoms with Gasteiger partial charge in [0.2, 0.25) is 0 Å². The van der Waals surface area contributed by atoms with Crippen molar-refractivity contribution in [3.63, 3.8) is 0 Å². The summed E-state index contributed by atoms with van der Waals surface area (Å²) >= 11 is 1.34. The molecule has 0 aliphatic carbocycles. The zero-order chi connectivity index (χ0) is 17.3. The molecule has 0 unspecified atom stereocenters. The van der Waals surface area contributed by atoms with E-state index in [-0.39, 0.29) is 11.5 Å². The molecule has 1 saturated heterocycles. The molecule has 3 rings (SSSR count). The minimum absolute atomic E-state index is 0.182. The molecule has 9 heteroatoms. The Hall–Kier alpha value is -2.15. The highest BCUT2D eigenvalue weighted by Crippen LogP contribution is 2.31. The van der Waals surface area contributed by atoms with E-state index in [4.69, 9.17) is 11.5 Å². The summed E-state index contributed by atoms with van der Waals surface area (Å²) < 4.78 is 23.5. The van der Waals surface area contributed by atoms with E-state index in [2.05, 4.69) is 16.8 Å². The van der Waals surface area contributed by atoms with E-state index < -0.39 is 15.7 Å². The Balaban J connectivity index is 1.78. The monoisotopic (exact) mass is 364 g/mol. The van der Waals surface area contributed by atoms with Gasteiger partial charge in [0.15, 0.2) is 9.84 Å². The van der Waals surface area contributed by atoms with Gasteiger partial charge in [0.1, 0.15) is 5.82 Å². The molecule has 1 amide bonds. The average Bonchev–Trinajstić information content (AvgIpc) is 2.94. The van der Waals surface area contributed by atoms with Crippen molar-refractivity contribution in [3.05, 3.63) is 22.7 Å². The third kappa shape index (κ3) is 3.51. The van der Waals surface area contributed by atoms with Crippen molar-refractivity contribution >= 4 is 43.0 Å². The molecule has 1 fully saturated rings. The number of hydrogen-bond donors (Lipinski definition) is 2. The number of sulfone groups is 1. The lowest BCUT2D eigenvalue weighted by Gasteiger charge is -2.24. The number of pyridine rings is 1. The van der Waals surface area contributed by atoms with E-state index in [0.717, 1.165) is 4.88 Å². The predicted molar refractivity (Wildman–Crippen MR) is 94.5 cm³/mol. The molecule has 24 heavy (non-hydrogen) atoms. The highest BCUT2D eigenvalue weighted by atomic mass is 32.2. The smallest absolute Gasteiger partial charge is 0.251 e. The summed E-state index contributed by atoms with van der Waals surface area (Å²) in [5.41, 5.74) is 11.5. The second-order valence-corrected chi connectivity index (χ2v) is 8.86. The standard InChI is InChI=1S/C15H16N4O3S2/c16-14-11-8-10(23-13(11)12(9-18-14)15(17)20)2-1-3-19-4-6-24(21,22)7-5-19/h8-9H,3-7H2,(H2,16,18)(H2,17,20). The molecular weight excluding hydrogens is 348 g/mol. The number of hydrogen-bond acceptors (Lipinski definition) is 7. The lowest BCUT2D eigenvalue weighted by molar-refractivity contribution is 0.100. The number of amides is 1. The fraction of sp³-hybridized carbons (Fsp3) is 0.333. The zero-order valence-corrected chi connectivity index (χ0v) is 14.4. The lowest BCUT2D eigenvalue weighted by Crippen LogP contribution is -2.40. The number of carbonyl (C=O) groups is 1. The third-order valence-electron chi connectivity index (χ3n) is 3.80.